The molecule has 0 spiro atoms. The fraction of sp³-hybridized carbons (Fsp3) is 0.846. The molecule has 0 aromatic heterocycles. The average molecular weight is 254 g/mol. The summed E-state index contributed by atoms with van der Waals surface area (Å²) in [6.07, 6.45) is 5.06. The quantitative estimate of drug-likeness (QED) is 0.593. The Labute approximate surface area is 105 Å². The van der Waals surface area contributed by atoms with Gasteiger partial charge in [-0.2, -0.15) is 0 Å². The maximum atomic E-state index is 11.6. The number of esters is 1. The molecule has 0 radical (unpaired) electrons. The standard InChI is InChI=1S/C13H18O5/c14-8-17-6-11(15)18-13-4-9-1-10(5-13)3-12(16,2-9)7-13/h8-10,16H,1-7H2. The molecule has 4 rings (SSSR count). The predicted octanol–water partition coefficient (Wildman–Crippen LogP) is 0.786. The lowest BCUT2D eigenvalue weighted by atomic mass is 9.52. The molecule has 1 N–H and O–H groups in total. The second-order valence-electron chi connectivity index (χ2n) is 6.25. The molecule has 0 heterocycles. The van der Waals surface area contributed by atoms with E-state index in [-0.39, 0.29) is 13.1 Å². The summed E-state index contributed by atoms with van der Waals surface area (Å²) in [4.78, 5) is 21.7. The molecule has 0 aromatic carbocycles. The van der Waals surface area contributed by atoms with Gasteiger partial charge in [-0.3, -0.25) is 4.79 Å². The molecular weight excluding hydrogens is 236 g/mol. The van der Waals surface area contributed by atoms with Crippen LogP contribution in [0.1, 0.15) is 38.5 Å². The Bertz CT molecular complexity index is 364. The number of rotatable bonds is 4. The number of carbonyl (C=O) groups excluding carboxylic acids is 2. The van der Waals surface area contributed by atoms with Gasteiger partial charge in [0, 0.05) is 6.42 Å². The molecule has 18 heavy (non-hydrogen) atoms. The van der Waals surface area contributed by atoms with Crippen molar-refractivity contribution in [2.45, 2.75) is 49.7 Å². The lowest BCUT2D eigenvalue weighted by Gasteiger charge is -2.59. The highest BCUT2D eigenvalue weighted by atomic mass is 16.6. The highest BCUT2D eigenvalue weighted by Gasteiger charge is 2.59. The molecule has 4 bridgehead atoms. The molecule has 4 aliphatic carbocycles. The normalized spacial score (nSPS) is 44.7. The van der Waals surface area contributed by atoms with Gasteiger partial charge < -0.3 is 14.6 Å². The van der Waals surface area contributed by atoms with Crippen LogP contribution in [0.4, 0.5) is 0 Å². The Balaban J connectivity index is 1.71. The van der Waals surface area contributed by atoms with Crippen molar-refractivity contribution >= 4 is 12.4 Å². The lowest BCUT2D eigenvalue weighted by Crippen LogP contribution is -2.60. The van der Waals surface area contributed by atoms with Crippen LogP contribution in [0, 0.1) is 11.8 Å². The van der Waals surface area contributed by atoms with E-state index < -0.39 is 17.2 Å². The zero-order valence-corrected chi connectivity index (χ0v) is 10.3. The van der Waals surface area contributed by atoms with E-state index in [2.05, 4.69) is 4.74 Å². The number of carbonyl (C=O) groups is 2. The molecule has 4 saturated carbocycles. The smallest absolute Gasteiger partial charge is 0.344 e. The van der Waals surface area contributed by atoms with E-state index in [1.165, 1.54) is 0 Å². The SMILES string of the molecule is O=COCC(=O)OC12CC3CC(CC(O)(C3)C1)C2. The third-order valence-corrected chi connectivity index (χ3v) is 4.58. The summed E-state index contributed by atoms with van der Waals surface area (Å²) in [7, 11) is 0. The maximum Gasteiger partial charge on any atom is 0.344 e. The second-order valence-corrected chi connectivity index (χ2v) is 6.25. The van der Waals surface area contributed by atoms with E-state index in [4.69, 9.17) is 4.74 Å². The minimum absolute atomic E-state index is 0.245. The maximum absolute atomic E-state index is 11.6. The summed E-state index contributed by atoms with van der Waals surface area (Å²) in [5.41, 5.74) is -1.15. The first-order chi connectivity index (χ1) is 8.53. The Morgan fingerprint density at radius 3 is 2.50 bits per heavy atom. The van der Waals surface area contributed by atoms with Gasteiger partial charge in [-0.25, -0.2) is 4.79 Å². The summed E-state index contributed by atoms with van der Waals surface area (Å²) in [5, 5.41) is 10.5. The van der Waals surface area contributed by atoms with Crippen LogP contribution >= 0.6 is 0 Å². The molecule has 4 fully saturated rings. The van der Waals surface area contributed by atoms with Gasteiger partial charge in [0.25, 0.3) is 6.47 Å². The van der Waals surface area contributed by atoms with Gasteiger partial charge in [-0.05, 0) is 43.9 Å². The van der Waals surface area contributed by atoms with Crippen LogP contribution in [0.3, 0.4) is 0 Å². The van der Waals surface area contributed by atoms with Crippen LogP contribution in [0.15, 0.2) is 0 Å². The highest BCUT2D eigenvalue weighted by Crippen LogP contribution is 2.58. The predicted molar refractivity (Wildman–Crippen MR) is 60.5 cm³/mol. The molecule has 0 aromatic rings. The number of ether oxygens (including phenoxy) is 2. The lowest BCUT2D eigenvalue weighted by molar-refractivity contribution is -0.221. The van der Waals surface area contributed by atoms with Crippen molar-refractivity contribution in [3.8, 4) is 0 Å². The first kappa shape index (κ1) is 12.0. The van der Waals surface area contributed by atoms with Gasteiger partial charge in [0.2, 0.25) is 0 Å². The van der Waals surface area contributed by atoms with Gasteiger partial charge in [-0.1, -0.05) is 0 Å². The Kier molecular flexibility index (Phi) is 2.62. The van der Waals surface area contributed by atoms with Crippen LogP contribution in [-0.2, 0) is 19.1 Å². The van der Waals surface area contributed by atoms with E-state index in [9.17, 15) is 14.7 Å². The summed E-state index contributed by atoms with van der Waals surface area (Å²) < 4.78 is 9.95. The molecule has 2 atom stereocenters. The Hall–Kier alpha value is -1.10. The molecule has 4 aliphatic rings. The average Bonchev–Trinajstić information content (AvgIpc) is 2.21. The van der Waals surface area contributed by atoms with Crippen LogP contribution in [0.5, 0.6) is 0 Å². The summed E-state index contributed by atoms with van der Waals surface area (Å²) >= 11 is 0. The third kappa shape index (κ3) is 2.00. The van der Waals surface area contributed by atoms with Crippen molar-refractivity contribution in [2.24, 2.45) is 11.8 Å². The van der Waals surface area contributed by atoms with Gasteiger partial charge in [0.05, 0.1) is 5.60 Å². The fourth-order valence-electron chi connectivity index (χ4n) is 4.62. The van der Waals surface area contributed by atoms with Crippen LogP contribution < -0.4 is 0 Å². The fourth-order valence-corrected chi connectivity index (χ4v) is 4.62. The molecular formula is C13H18O5. The monoisotopic (exact) mass is 254 g/mol. The zero-order valence-electron chi connectivity index (χ0n) is 10.3. The molecule has 2 unspecified atom stereocenters. The second kappa shape index (κ2) is 3.95. The van der Waals surface area contributed by atoms with Crippen LogP contribution in [0.2, 0.25) is 0 Å². The molecule has 0 aliphatic heterocycles. The largest absolute Gasteiger partial charge is 0.456 e. The van der Waals surface area contributed by atoms with Crippen molar-refractivity contribution in [1.82, 2.24) is 0 Å². The van der Waals surface area contributed by atoms with Gasteiger partial charge in [-0.15, -0.1) is 0 Å². The number of aliphatic hydroxyl groups is 1. The summed E-state index contributed by atoms with van der Waals surface area (Å²) in [5.74, 6) is 0.430. The van der Waals surface area contributed by atoms with Crippen molar-refractivity contribution in [3.05, 3.63) is 0 Å². The third-order valence-electron chi connectivity index (χ3n) is 4.58. The summed E-state index contributed by atoms with van der Waals surface area (Å²) in [6.45, 7) is -0.0898. The molecule has 0 saturated heterocycles. The van der Waals surface area contributed by atoms with E-state index in [0.29, 0.717) is 18.3 Å². The zero-order chi connectivity index (χ0) is 12.8. The first-order valence-electron chi connectivity index (χ1n) is 6.52. The Morgan fingerprint density at radius 1 is 1.28 bits per heavy atom. The van der Waals surface area contributed by atoms with Crippen LogP contribution in [0.25, 0.3) is 0 Å². The Morgan fingerprint density at radius 2 is 1.94 bits per heavy atom. The van der Waals surface area contributed by atoms with E-state index >= 15 is 0 Å². The van der Waals surface area contributed by atoms with Crippen molar-refractivity contribution in [1.29, 1.82) is 0 Å². The summed E-state index contributed by atoms with van der Waals surface area (Å²) in [6, 6.07) is 0. The van der Waals surface area contributed by atoms with Crippen molar-refractivity contribution in [3.63, 3.8) is 0 Å². The van der Waals surface area contributed by atoms with Crippen molar-refractivity contribution in [2.75, 3.05) is 6.61 Å². The molecule has 100 valence electrons. The van der Waals surface area contributed by atoms with E-state index in [1.54, 1.807) is 0 Å². The van der Waals surface area contributed by atoms with Gasteiger partial charge >= 0.3 is 5.97 Å². The molecule has 5 heteroatoms. The first-order valence-corrected chi connectivity index (χ1v) is 6.52. The van der Waals surface area contributed by atoms with Crippen LogP contribution in [-0.4, -0.2) is 35.4 Å². The highest BCUT2D eigenvalue weighted by molar-refractivity contribution is 5.72. The van der Waals surface area contributed by atoms with E-state index in [1.807, 2.05) is 0 Å². The van der Waals surface area contributed by atoms with E-state index in [0.717, 1.165) is 32.1 Å². The van der Waals surface area contributed by atoms with Crippen molar-refractivity contribution < 1.29 is 24.2 Å². The number of hydrogen-bond acceptors (Lipinski definition) is 5. The topological polar surface area (TPSA) is 72.8 Å². The molecule has 5 nitrogen and oxygen atoms in total. The van der Waals surface area contributed by atoms with Gasteiger partial charge in [0.1, 0.15) is 5.60 Å². The minimum Gasteiger partial charge on any atom is -0.456 e. The van der Waals surface area contributed by atoms with Gasteiger partial charge in [0.15, 0.2) is 6.61 Å². The minimum atomic E-state index is -0.643. The number of hydrogen-bond donors (Lipinski definition) is 1. The molecule has 0 amide bonds.